The van der Waals surface area contributed by atoms with Crippen LogP contribution in [0.25, 0.3) is 0 Å². The van der Waals surface area contributed by atoms with Gasteiger partial charge in [-0.15, -0.1) is 0 Å². The molecule has 0 aromatic carbocycles. The van der Waals surface area contributed by atoms with E-state index in [0.29, 0.717) is 0 Å². The molecule has 0 aromatic rings. The van der Waals surface area contributed by atoms with E-state index >= 15 is 0 Å². The molecule has 128 valence electrons. The smallest absolute Gasteiger partial charge is 0.000473 e. The minimum absolute atomic E-state index is 0.899. The molecule has 21 heavy (non-hydrogen) atoms. The Labute approximate surface area is 149 Å². The van der Waals surface area contributed by atoms with E-state index in [1.54, 1.807) is 0 Å². The van der Waals surface area contributed by atoms with E-state index in [1.807, 2.05) is 0 Å². The van der Waals surface area contributed by atoms with Gasteiger partial charge < -0.3 is 0 Å². The first-order valence-electron chi connectivity index (χ1n) is 9.83. The van der Waals surface area contributed by atoms with Gasteiger partial charge in [-0.25, -0.2) is 0 Å². The summed E-state index contributed by atoms with van der Waals surface area (Å²) in [6.45, 7) is 4.68. The molecule has 1 heteroatoms. The van der Waals surface area contributed by atoms with Crippen LogP contribution in [0.5, 0.6) is 0 Å². The van der Waals surface area contributed by atoms with Crippen molar-refractivity contribution in [2.75, 3.05) is 4.43 Å². The lowest BCUT2D eigenvalue weighted by Gasteiger charge is -2.05. The minimum atomic E-state index is 0.899. The highest BCUT2D eigenvalue weighted by molar-refractivity contribution is 14.1. The summed E-state index contributed by atoms with van der Waals surface area (Å²) in [5.41, 5.74) is 0. The highest BCUT2D eigenvalue weighted by Crippen LogP contribution is 2.14. The van der Waals surface area contributed by atoms with E-state index in [9.17, 15) is 0 Å². The standard InChI is InChI=1S/C20H41I/c1-20(2)18-16-14-12-10-8-6-4-3-5-7-9-11-13-15-17-19-21/h20H,3-19H2,1-2H3. The fourth-order valence-corrected chi connectivity index (χ4v) is 3.48. The summed E-state index contributed by atoms with van der Waals surface area (Å²) in [5.74, 6) is 0.899. The third-order valence-corrected chi connectivity index (χ3v) is 5.18. The van der Waals surface area contributed by atoms with E-state index in [-0.39, 0.29) is 0 Å². The summed E-state index contributed by atoms with van der Waals surface area (Å²) < 4.78 is 1.34. The van der Waals surface area contributed by atoms with Crippen molar-refractivity contribution in [3.63, 3.8) is 0 Å². The molecule has 0 aromatic heterocycles. The Morgan fingerprint density at radius 3 is 1.05 bits per heavy atom. The molecule has 0 heterocycles. The minimum Gasteiger partial charge on any atom is -0.0864 e. The molecule has 0 N–H and O–H groups in total. The highest BCUT2D eigenvalue weighted by Gasteiger charge is 1.96. The molecule has 0 amide bonds. The third kappa shape index (κ3) is 20.7. The van der Waals surface area contributed by atoms with Gasteiger partial charge in [0.05, 0.1) is 0 Å². The lowest BCUT2D eigenvalue weighted by atomic mass is 10.0. The molecule has 0 fully saturated rings. The average molecular weight is 408 g/mol. The van der Waals surface area contributed by atoms with Gasteiger partial charge in [-0.1, -0.05) is 133 Å². The Morgan fingerprint density at radius 2 is 0.762 bits per heavy atom. The van der Waals surface area contributed by atoms with Crippen LogP contribution in [0.1, 0.15) is 117 Å². The lowest BCUT2D eigenvalue weighted by molar-refractivity contribution is 0.502. The van der Waals surface area contributed by atoms with Crippen molar-refractivity contribution in [3.8, 4) is 0 Å². The molecule has 0 aliphatic rings. The maximum atomic E-state index is 2.49. The Balaban J connectivity index is 2.93. The average Bonchev–Trinajstić information content (AvgIpc) is 2.46. The monoisotopic (exact) mass is 408 g/mol. The molecule has 0 atom stereocenters. The molecule has 0 nitrogen and oxygen atoms in total. The number of rotatable bonds is 17. The van der Waals surface area contributed by atoms with Crippen LogP contribution < -0.4 is 0 Å². The molecule has 0 saturated carbocycles. The van der Waals surface area contributed by atoms with Crippen LogP contribution in [0.3, 0.4) is 0 Å². The van der Waals surface area contributed by atoms with Gasteiger partial charge in [-0.3, -0.25) is 0 Å². The summed E-state index contributed by atoms with van der Waals surface area (Å²) in [6.07, 6.45) is 23.5. The maximum absolute atomic E-state index is 2.49. The number of hydrogen-bond donors (Lipinski definition) is 0. The Morgan fingerprint density at radius 1 is 0.476 bits per heavy atom. The number of unbranched alkanes of at least 4 members (excludes halogenated alkanes) is 14. The highest BCUT2D eigenvalue weighted by atomic mass is 127. The van der Waals surface area contributed by atoms with Crippen LogP contribution in [0.15, 0.2) is 0 Å². The molecule has 0 bridgehead atoms. The van der Waals surface area contributed by atoms with Crippen LogP contribution in [0, 0.1) is 5.92 Å². The van der Waals surface area contributed by atoms with Crippen molar-refractivity contribution < 1.29 is 0 Å². The molecule has 0 saturated heterocycles. The van der Waals surface area contributed by atoms with Gasteiger partial charge >= 0.3 is 0 Å². The summed E-state index contributed by atoms with van der Waals surface area (Å²) in [4.78, 5) is 0. The van der Waals surface area contributed by atoms with Gasteiger partial charge in [-0.05, 0) is 16.8 Å². The fraction of sp³-hybridized carbons (Fsp3) is 1.00. The van der Waals surface area contributed by atoms with Crippen LogP contribution in [-0.2, 0) is 0 Å². The fourth-order valence-electron chi connectivity index (χ4n) is 2.95. The Kier molecular flexibility index (Phi) is 19.4. The molecule has 0 aliphatic carbocycles. The zero-order valence-electron chi connectivity index (χ0n) is 15.0. The van der Waals surface area contributed by atoms with Crippen molar-refractivity contribution in [1.29, 1.82) is 0 Å². The van der Waals surface area contributed by atoms with Gasteiger partial charge in [-0.2, -0.15) is 0 Å². The van der Waals surface area contributed by atoms with E-state index < -0.39 is 0 Å². The topological polar surface area (TPSA) is 0 Å². The van der Waals surface area contributed by atoms with E-state index in [1.165, 1.54) is 107 Å². The van der Waals surface area contributed by atoms with E-state index in [4.69, 9.17) is 0 Å². The largest absolute Gasteiger partial charge is 0.0864 e. The lowest BCUT2D eigenvalue weighted by Crippen LogP contribution is -1.87. The maximum Gasteiger partial charge on any atom is -0.000473 e. The second-order valence-corrected chi connectivity index (χ2v) is 8.25. The van der Waals surface area contributed by atoms with Crippen molar-refractivity contribution in [1.82, 2.24) is 0 Å². The second kappa shape index (κ2) is 18.8. The first-order chi connectivity index (χ1) is 10.3. The van der Waals surface area contributed by atoms with Crippen LogP contribution in [-0.4, -0.2) is 4.43 Å². The van der Waals surface area contributed by atoms with E-state index in [0.717, 1.165) is 5.92 Å². The first-order valence-corrected chi connectivity index (χ1v) is 11.4. The van der Waals surface area contributed by atoms with Crippen molar-refractivity contribution >= 4 is 22.6 Å². The van der Waals surface area contributed by atoms with Gasteiger partial charge in [0.25, 0.3) is 0 Å². The van der Waals surface area contributed by atoms with Gasteiger partial charge in [0, 0.05) is 0 Å². The van der Waals surface area contributed by atoms with Gasteiger partial charge in [0.2, 0.25) is 0 Å². The van der Waals surface area contributed by atoms with Crippen LogP contribution >= 0.6 is 22.6 Å². The summed E-state index contributed by atoms with van der Waals surface area (Å²) in [6, 6.07) is 0. The Hall–Kier alpha value is 0.730. The second-order valence-electron chi connectivity index (χ2n) is 7.17. The van der Waals surface area contributed by atoms with Crippen LogP contribution in [0.2, 0.25) is 0 Å². The summed E-state index contributed by atoms with van der Waals surface area (Å²) in [5, 5.41) is 0. The predicted octanol–water partition coefficient (Wildman–Crippen LogP) is 8.32. The van der Waals surface area contributed by atoms with E-state index in [2.05, 4.69) is 36.4 Å². The number of alkyl halides is 1. The molecular formula is C20H41I. The zero-order chi connectivity index (χ0) is 15.6. The number of halogens is 1. The van der Waals surface area contributed by atoms with Crippen molar-refractivity contribution in [3.05, 3.63) is 0 Å². The Bertz CT molecular complexity index is 177. The molecule has 0 unspecified atom stereocenters. The molecular weight excluding hydrogens is 367 g/mol. The van der Waals surface area contributed by atoms with Crippen LogP contribution in [0.4, 0.5) is 0 Å². The summed E-state index contributed by atoms with van der Waals surface area (Å²) >= 11 is 2.49. The quantitative estimate of drug-likeness (QED) is 0.129. The molecule has 0 rings (SSSR count). The molecule has 0 aliphatic heterocycles. The number of hydrogen-bond acceptors (Lipinski definition) is 0. The molecule has 0 spiro atoms. The third-order valence-electron chi connectivity index (χ3n) is 4.42. The molecule has 0 radical (unpaired) electrons. The SMILES string of the molecule is CC(C)CCCCCCCCCCCCCCCCCI. The summed E-state index contributed by atoms with van der Waals surface area (Å²) in [7, 11) is 0. The van der Waals surface area contributed by atoms with Gasteiger partial charge in [0.15, 0.2) is 0 Å². The van der Waals surface area contributed by atoms with Crippen molar-refractivity contribution in [2.45, 2.75) is 117 Å². The first kappa shape index (κ1) is 21.7. The predicted molar refractivity (Wildman–Crippen MR) is 108 cm³/mol. The normalized spacial score (nSPS) is 11.4. The van der Waals surface area contributed by atoms with Crippen molar-refractivity contribution in [2.24, 2.45) is 5.92 Å². The zero-order valence-corrected chi connectivity index (χ0v) is 17.1. The van der Waals surface area contributed by atoms with Gasteiger partial charge in [0.1, 0.15) is 0 Å².